The number of nitrogens with zero attached hydrogens (tertiary/aromatic N) is 3. The monoisotopic (exact) mass is 544 g/mol. The summed E-state index contributed by atoms with van der Waals surface area (Å²) in [6.45, 7) is 3.43. The zero-order valence-corrected chi connectivity index (χ0v) is 22.5. The molecule has 0 radical (unpaired) electrons. The van der Waals surface area contributed by atoms with Crippen molar-refractivity contribution in [3.63, 3.8) is 0 Å². The summed E-state index contributed by atoms with van der Waals surface area (Å²) in [5, 5.41) is 16.1. The minimum absolute atomic E-state index is 0.116. The zero-order valence-electron chi connectivity index (χ0n) is 22.5. The summed E-state index contributed by atoms with van der Waals surface area (Å²) in [6, 6.07) is 11.3. The number of hydrogen-bond donors (Lipinski definition) is 3. The van der Waals surface area contributed by atoms with Crippen LogP contribution in [0.1, 0.15) is 61.5 Å². The number of H-pyrrole nitrogens is 1. The molecule has 208 valence electrons. The van der Waals surface area contributed by atoms with E-state index < -0.39 is 11.6 Å². The fraction of sp³-hybridized carbons (Fsp3) is 0.414. The molecule has 1 spiro atoms. The second-order valence-corrected chi connectivity index (χ2v) is 11.6. The van der Waals surface area contributed by atoms with Crippen molar-refractivity contribution < 1.29 is 19.1 Å². The molecule has 2 aliphatic rings. The first-order valence-corrected chi connectivity index (χ1v) is 13.5. The first-order chi connectivity index (χ1) is 19.2. The Morgan fingerprint density at radius 3 is 2.65 bits per heavy atom. The summed E-state index contributed by atoms with van der Waals surface area (Å²) in [7, 11) is 0. The molecular formula is C29H32N6O5. The number of rotatable bonds is 8. The Labute approximate surface area is 230 Å². The molecule has 0 aliphatic heterocycles. The molecule has 2 saturated carbocycles. The van der Waals surface area contributed by atoms with Crippen molar-refractivity contribution in [3.05, 3.63) is 70.4 Å². The van der Waals surface area contributed by atoms with Gasteiger partial charge in [0.1, 0.15) is 18.0 Å². The number of nitrogens with one attached hydrogen (secondary N) is 2. The lowest BCUT2D eigenvalue weighted by Gasteiger charge is -2.57. The van der Waals surface area contributed by atoms with Gasteiger partial charge < -0.3 is 20.5 Å². The average Bonchev–Trinajstić information content (AvgIpc) is 3.32. The van der Waals surface area contributed by atoms with E-state index in [0.29, 0.717) is 28.1 Å². The molecule has 4 N–H and O–H groups in total. The largest absolute Gasteiger partial charge is 0.488 e. The lowest BCUT2D eigenvalue weighted by Crippen LogP contribution is -2.55. The lowest BCUT2D eigenvalue weighted by atomic mass is 9.49. The Balaban J connectivity index is 1.04. The van der Waals surface area contributed by atoms with Gasteiger partial charge in [-0.2, -0.15) is 10.2 Å². The molecule has 11 nitrogen and oxygen atoms in total. The number of nitrogens with two attached hydrogens (primary N) is 1. The number of aromatic nitrogens is 4. The highest BCUT2D eigenvalue weighted by atomic mass is 16.6. The third-order valence-electron chi connectivity index (χ3n) is 8.04. The van der Waals surface area contributed by atoms with Crippen LogP contribution in [0.3, 0.4) is 0 Å². The summed E-state index contributed by atoms with van der Waals surface area (Å²) < 4.78 is 12.7. The molecule has 40 heavy (non-hydrogen) atoms. The van der Waals surface area contributed by atoms with Crippen LogP contribution in [0.4, 0.5) is 0 Å². The highest BCUT2D eigenvalue weighted by molar-refractivity contribution is 6.00. The molecule has 0 unspecified atom stereocenters. The molecule has 2 fully saturated rings. The summed E-state index contributed by atoms with van der Waals surface area (Å²) in [4.78, 5) is 36.7. The Hall–Kier alpha value is -4.25. The first kappa shape index (κ1) is 26.0. The van der Waals surface area contributed by atoms with Crippen LogP contribution in [0.25, 0.3) is 16.3 Å². The van der Waals surface area contributed by atoms with Crippen molar-refractivity contribution in [2.24, 2.45) is 11.1 Å². The number of carbonyl (C=O) groups is 2. The molecule has 1 amide bonds. The van der Waals surface area contributed by atoms with Crippen molar-refractivity contribution >= 4 is 28.2 Å². The average molecular weight is 545 g/mol. The second kappa shape index (κ2) is 9.74. The van der Waals surface area contributed by atoms with Gasteiger partial charge in [0, 0.05) is 17.3 Å². The summed E-state index contributed by atoms with van der Waals surface area (Å²) in [6.07, 6.45) is 7.11. The Bertz CT molecular complexity index is 1660. The first-order valence-electron chi connectivity index (χ1n) is 13.5. The van der Waals surface area contributed by atoms with Gasteiger partial charge >= 0.3 is 5.97 Å². The van der Waals surface area contributed by atoms with Gasteiger partial charge in [-0.25, -0.2) is 9.61 Å². The smallest absolute Gasteiger partial charge is 0.320 e. The normalized spacial score (nSPS) is 22.1. The van der Waals surface area contributed by atoms with Gasteiger partial charge in [-0.1, -0.05) is 18.2 Å². The van der Waals surface area contributed by atoms with Crippen molar-refractivity contribution in [3.8, 4) is 5.75 Å². The highest BCUT2D eigenvalue weighted by Crippen LogP contribution is 2.62. The van der Waals surface area contributed by atoms with E-state index in [1.165, 1.54) is 0 Å². The molecule has 0 bridgehead atoms. The van der Waals surface area contributed by atoms with E-state index in [2.05, 4.69) is 20.6 Å². The third kappa shape index (κ3) is 4.81. The number of pyridine rings is 1. The third-order valence-corrected chi connectivity index (χ3v) is 8.04. The van der Waals surface area contributed by atoms with E-state index in [1.54, 1.807) is 42.9 Å². The standard InChI is InChI=1S/C29H32N6O5/c1-28(2,40-24(36)13-30)16-39-19-7-8-23-22(14-31-35(23)15-19)26(37)32-18-11-29(12-18)9-17(10-29)25-20-5-3-4-6-21(20)27(38)34-33-25/h3-8,14-15,17-18H,9-13,16,30H2,1-2H3,(H,32,37)(H,34,38)/t17-,18-,29?. The fourth-order valence-electron chi connectivity index (χ4n) is 6.17. The van der Waals surface area contributed by atoms with E-state index >= 15 is 0 Å². The van der Waals surface area contributed by atoms with Gasteiger partial charge in [0.25, 0.3) is 11.5 Å². The zero-order chi connectivity index (χ0) is 28.1. The van der Waals surface area contributed by atoms with Gasteiger partial charge in [0.2, 0.25) is 0 Å². The molecular weight excluding hydrogens is 512 g/mol. The Morgan fingerprint density at radius 2 is 1.90 bits per heavy atom. The minimum atomic E-state index is -0.842. The van der Waals surface area contributed by atoms with Crippen LogP contribution < -0.4 is 21.3 Å². The van der Waals surface area contributed by atoms with Gasteiger partial charge in [-0.15, -0.1) is 0 Å². The molecule has 0 atom stereocenters. The van der Waals surface area contributed by atoms with Crippen LogP contribution in [0.2, 0.25) is 0 Å². The molecule has 3 heterocycles. The summed E-state index contributed by atoms with van der Waals surface area (Å²) >= 11 is 0. The van der Waals surface area contributed by atoms with Gasteiger partial charge in [0.15, 0.2) is 0 Å². The van der Waals surface area contributed by atoms with Crippen LogP contribution >= 0.6 is 0 Å². The van der Waals surface area contributed by atoms with Gasteiger partial charge in [-0.3, -0.25) is 14.4 Å². The molecule has 2 aliphatic carbocycles. The molecule has 3 aromatic heterocycles. The predicted octanol–water partition coefficient (Wildman–Crippen LogP) is 2.69. The number of hydrogen-bond acceptors (Lipinski definition) is 8. The van der Waals surface area contributed by atoms with Crippen molar-refractivity contribution in [2.45, 2.75) is 57.1 Å². The molecule has 1 aromatic carbocycles. The number of carbonyl (C=O) groups excluding carboxylic acids is 2. The number of amides is 1. The van der Waals surface area contributed by atoms with Gasteiger partial charge in [0.05, 0.1) is 41.1 Å². The molecule has 4 aromatic rings. The predicted molar refractivity (Wildman–Crippen MR) is 147 cm³/mol. The highest BCUT2D eigenvalue weighted by Gasteiger charge is 2.54. The Morgan fingerprint density at radius 1 is 1.15 bits per heavy atom. The van der Waals surface area contributed by atoms with Crippen LogP contribution in [0.5, 0.6) is 5.75 Å². The molecule has 6 rings (SSSR count). The van der Waals surface area contributed by atoms with Crippen molar-refractivity contribution in [1.82, 2.24) is 25.1 Å². The van der Waals surface area contributed by atoms with E-state index in [-0.39, 0.29) is 36.1 Å². The van der Waals surface area contributed by atoms with E-state index in [1.807, 2.05) is 24.3 Å². The van der Waals surface area contributed by atoms with Crippen molar-refractivity contribution in [2.75, 3.05) is 13.2 Å². The van der Waals surface area contributed by atoms with E-state index in [9.17, 15) is 14.4 Å². The topological polar surface area (TPSA) is 154 Å². The Kier molecular flexibility index (Phi) is 6.33. The number of fused-ring (bicyclic) bond motifs is 2. The van der Waals surface area contributed by atoms with Gasteiger partial charge in [-0.05, 0) is 63.1 Å². The number of ether oxygens (including phenoxy) is 2. The van der Waals surface area contributed by atoms with Crippen LogP contribution in [0, 0.1) is 5.41 Å². The second-order valence-electron chi connectivity index (χ2n) is 11.6. The summed E-state index contributed by atoms with van der Waals surface area (Å²) in [5.74, 6) is 0.195. The fourth-order valence-corrected chi connectivity index (χ4v) is 6.17. The van der Waals surface area contributed by atoms with Crippen LogP contribution in [-0.2, 0) is 9.53 Å². The molecule has 11 heteroatoms. The van der Waals surface area contributed by atoms with Crippen molar-refractivity contribution in [1.29, 1.82) is 0 Å². The van der Waals surface area contributed by atoms with Crippen LogP contribution in [-0.4, -0.2) is 56.5 Å². The maximum absolute atomic E-state index is 13.1. The quantitative estimate of drug-likeness (QED) is 0.286. The van der Waals surface area contributed by atoms with E-state index in [4.69, 9.17) is 15.2 Å². The maximum atomic E-state index is 13.1. The number of esters is 1. The lowest BCUT2D eigenvalue weighted by molar-refractivity contribution is -0.157. The summed E-state index contributed by atoms with van der Waals surface area (Å²) in [5.41, 5.74) is 6.67. The minimum Gasteiger partial charge on any atom is -0.488 e. The maximum Gasteiger partial charge on any atom is 0.320 e. The number of aromatic amines is 1. The SMILES string of the molecule is CC(C)(COc1ccc2c(C(=O)N[C@H]3CC4(C3)C[C@H](c3n[nH]c(=O)c5ccccc53)C4)cnn2c1)OC(=O)CN. The van der Waals surface area contributed by atoms with E-state index in [0.717, 1.165) is 36.8 Å². The van der Waals surface area contributed by atoms with Crippen LogP contribution in [0.15, 0.2) is 53.6 Å². The number of benzene rings is 1. The molecule has 0 saturated heterocycles.